The van der Waals surface area contributed by atoms with E-state index in [0.29, 0.717) is 23.4 Å². The van der Waals surface area contributed by atoms with Crippen molar-refractivity contribution in [3.63, 3.8) is 0 Å². The van der Waals surface area contributed by atoms with Gasteiger partial charge in [-0.2, -0.15) is 18.3 Å². The first-order valence-electron chi connectivity index (χ1n) is 15.8. The summed E-state index contributed by atoms with van der Waals surface area (Å²) in [7, 11) is -1.26. The molecule has 12 nitrogen and oxygen atoms in total. The second-order valence-corrected chi connectivity index (χ2v) is 14.3. The number of aryl methyl sites for hydroxylation is 2. The van der Waals surface area contributed by atoms with Gasteiger partial charge in [0, 0.05) is 19.5 Å². The highest BCUT2D eigenvalue weighted by Crippen LogP contribution is 2.37. The summed E-state index contributed by atoms with van der Waals surface area (Å²) in [5.41, 5.74) is -2.76. The SMILES string of the molecule is COc1ccc(CCS(=O)(=O)Nc2nn(C)c3c(-n4c([C@H](Cc5cc(F)cc(F)c5)NC(=O)O)nc5cccc(C(F)(F)F)c5c4=O)ccc(Cl)c23)cc1. The highest BCUT2D eigenvalue weighted by atomic mass is 35.5. The molecule has 54 heavy (non-hydrogen) atoms. The number of hydrogen-bond donors (Lipinski definition) is 3. The van der Waals surface area contributed by atoms with Crippen molar-refractivity contribution < 1.29 is 45.0 Å². The molecule has 0 aliphatic heterocycles. The quantitative estimate of drug-likeness (QED) is 0.122. The van der Waals surface area contributed by atoms with Gasteiger partial charge in [-0.25, -0.2) is 27.0 Å². The van der Waals surface area contributed by atoms with E-state index in [1.54, 1.807) is 24.3 Å². The zero-order chi connectivity index (χ0) is 39.1. The largest absolute Gasteiger partial charge is 0.497 e. The lowest BCUT2D eigenvalue weighted by molar-refractivity contribution is -0.136. The number of alkyl halides is 3. The molecular weight excluding hydrogens is 763 g/mol. The fraction of sp³-hybridized carbons (Fsp3) is 0.200. The lowest BCUT2D eigenvalue weighted by atomic mass is 10.0. The van der Waals surface area contributed by atoms with Crippen molar-refractivity contribution >= 4 is 55.3 Å². The molecule has 0 saturated heterocycles. The molecule has 2 heterocycles. The van der Waals surface area contributed by atoms with Crippen molar-refractivity contribution in [1.82, 2.24) is 24.6 Å². The predicted molar refractivity (Wildman–Crippen MR) is 190 cm³/mol. The molecule has 0 saturated carbocycles. The van der Waals surface area contributed by atoms with Crippen LogP contribution in [0, 0.1) is 11.6 Å². The molecular formula is C35H28ClF5N6O6S. The van der Waals surface area contributed by atoms with Gasteiger partial charge in [-0.05, 0) is 66.1 Å². The number of nitrogens with one attached hydrogen (secondary N) is 2. The number of aromatic nitrogens is 4. The minimum Gasteiger partial charge on any atom is -0.497 e. The van der Waals surface area contributed by atoms with E-state index in [1.807, 2.05) is 0 Å². The standard InChI is InChI=1S/C35H28ClF5N6O6S/c1-46-30-27(11-10-24(36)29(30)31(44-46)45-54(51,52)13-12-18-6-8-22(53-2)9-7-18)47-32(26(43-34(49)50)16-19-14-20(37)17-21(38)15-19)42-25-5-3-4-23(35(39,40)41)28(25)33(47)48/h3-11,14-15,17,26,43H,12-13,16H2,1-2H3,(H,44,45)(H,49,50)/t26-/m0/s1. The second-order valence-electron chi connectivity index (χ2n) is 12.1. The van der Waals surface area contributed by atoms with Gasteiger partial charge in [0.1, 0.15) is 23.2 Å². The van der Waals surface area contributed by atoms with Crippen LogP contribution in [0.4, 0.5) is 32.6 Å². The van der Waals surface area contributed by atoms with Crippen LogP contribution in [0.2, 0.25) is 5.02 Å². The van der Waals surface area contributed by atoms with Crippen LogP contribution in [0.1, 0.15) is 28.6 Å². The molecule has 0 unspecified atom stereocenters. The first kappa shape index (κ1) is 38.0. The lowest BCUT2D eigenvalue weighted by Gasteiger charge is -2.23. The van der Waals surface area contributed by atoms with Gasteiger partial charge in [0.15, 0.2) is 5.82 Å². The number of fused-ring (bicyclic) bond motifs is 2. The number of rotatable bonds is 11. The number of benzene rings is 4. The van der Waals surface area contributed by atoms with Crippen LogP contribution >= 0.6 is 11.6 Å². The maximum atomic E-state index is 14.4. The normalized spacial score (nSPS) is 12.6. The van der Waals surface area contributed by atoms with Crippen LogP contribution in [0.15, 0.2) is 77.6 Å². The van der Waals surface area contributed by atoms with Crippen molar-refractivity contribution in [3.8, 4) is 11.4 Å². The Morgan fingerprint density at radius 1 is 1.00 bits per heavy atom. The Bertz CT molecular complexity index is 2580. The van der Waals surface area contributed by atoms with E-state index < -0.39 is 80.0 Å². The number of carbonyl (C=O) groups is 1. The van der Waals surface area contributed by atoms with Crippen molar-refractivity contribution in [3.05, 3.63) is 122 Å². The van der Waals surface area contributed by atoms with Gasteiger partial charge in [0.2, 0.25) is 10.0 Å². The molecule has 6 aromatic rings. The number of anilines is 1. The first-order valence-corrected chi connectivity index (χ1v) is 17.8. The van der Waals surface area contributed by atoms with Gasteiger partial charge in [0.25, 0.3) is 5.56 Å². The van der Waals surface area contributed by atoms with Crippen molar-refractivity contribution in [2.75, 3.05) is 17.6 Å². The highest BCUT2D eigenvalue weighted by molar-refractivity contribution is 7.92. The molecule has 1 atom stereocenters. The minimum atomic E-state index is -5.03. The highest BCUT2D eigenvalue weighted by Gasteiger charge is 2.36. The van der Waals surface area contributed by atoms with E-state index in [2.05, 4.69) is 20.1 Å². The molecule has 0 radical (unpaired) electrons. The summed E-state index contributed by atoms with van der Waals surface area (Å²) >= 11 is 6.58. The molecule has 19 heteroatoms. The molecule has 0 spiro atoms. The monoisotopic (exact) mass is 790 g/mol. The first-order chi connectivity index (χ1) is 25.5. The summed E-state index contributed by atoms with van der Waals surface area (Å²) in [6.07, 6.45) is -7.11. The van der Waals surface area contributed by atoms with E-state index >= 15 is 0 Å². The van der Waals surface area contributed by atoms with E-state index in [-0.39, 0.29) is 39.4 Å². The number of methoxy groups -OCH3 is 1. The van der Waals surface area contributed by atoms with Gasteiger partial charge in [-0.3, -0.25) is 18.8 Å². The molecule has 0 aliphatic rings. The summed E-state index contributed by atoms with van der Waals surface area (Å²) in [4.78, 5) is 30.9. The second kappa shape index (κ2) is 14.6. The Kier molecular flexibility index (Phi) is 10.3. The van der Waals surface area contributed by atoms with Crippen molar-refractivity contribution in [2.45, 2.75) is 25.1 Å². The molecule has 2 aromatic heterocycles. The number of nitrogens with zero attached hydrogens (tertiary/aromatic N) is 4. The lowest BCUT2D eigenvalue weighted by Crippen LogP contribution is -2.35. The molecule has 1 amide bonds. The third-order valence-electron chi connectivity index (χ3n) is 8.43. The third kappa shape index (κ3) is 7.79. The Labute approximate surface area is 307 Å². The molecule has 6 rings (SSSR count). The molecule has 0 aliphatic carbocycles. The number of hydrogen-bond acceptors (Lipinski definition) is 7. The Morgan fingerprint density at radius 3 is 2.31 bits per heavy atom. The average molecular weight is 791 g/mol. The van der Waals surface area contributed by atoms with Crippen LogP contribution in [0.5, 0.6) is 5.75 Å². The molecule has 282 valence electrons. The van der Waals surface area contributed by atoms with Gasteiger partial charge < -0.3 is 15.2 Å². The Hall–Kier alpha value is -5.75. The van der Waals surface area contributed by atoms with Crippen LogP contribution in [0.3, 0.4) is 0 Å². The van der Waals surface area contributed by atoms with E-state index in [9.17, 15) is 45.1 Å². The smallest absolute Gasteiger partial charge is 0.417 e. The maximum Gasteiger partial charge on any atom is 0.417 e. The van der Waals surface area contributed by atoms with Crippen molar-refractivity contribution in [2.24, 2.45) is 7.05 Å². The van der Waals surface area contributed by atoms with Gasteiger partial charge in [0.05, 0.1) is 57.0 Å². The fourth-order valence-corrected chi connectivity index (χ4v) is 7.41. The van der Waals surface area contributed by atoms with E-state index in [1.165, 1.54) is 26.3 Å². The maximum absolute atomic E-state index is 14.4. The van der Waals surface area contributed by atoms with E-state index in [0.717, 1.165) is 33.5 Å². The van der Waals surface area contributed by atoms with Crippen LogP contribution < -0.4 is 20.3 Å². The predicted octanol–water partition coefficient (Wildman–Crippen LogP) is 6.77. The fourth-order valence-electron chi connectivity index (χ4n) is 6.12. The summed E-state index contributed by atoms with van der Waals surface area (Å²) in [5, 5.41) is 15.2. The van der Waals surface area contributed by atoms with Gasteiger partial charge >= 0.3 is 12.3 Å². The minimum absolute atomic E-state index is 0.0540. The zero-order valence-corrected chi connectivity index (χ0v) is 29.7. The number of halogens is 6. The summed E-state index contributed by atoms with van der Waals surface area (Å²) < 4.78 is 107. The number of amides is 1. The third-order valence-corrected chi connectivity index (χ3v) is 9.99. The van der Waals surface area contributed by atoms with Crippen LogP contribution in [0.25, 0.3) is 27.5 Å². The summed E-state index contributed by atoms with van der Waals surface area (Å²) in [6, 6.07) is 12.9. The average Bonchev–Trinajstić information content (AvgIpc) is 3.41. The Morgan fingerprint density at radius 2 is 1.69 bits per heavy atom. The van der Waals surface area contributed by atoms with Gasteiger partial charge in [-0.15, -0.1) is 0 Å². The Balaban J connectivity index is 1.56. The number of ether oxygens (including phenoxy) is 1. The molecule has 4 aromatic carbocycles. The van der Waals surface area contributed by atoms with Crippen molar-refractivity contribution in [1.29, 1.82) is 0 Å². The topological polar surface area (TPSA) is 157 Å². The molecule has 0 bridgehead atoms. The van der Waals surface area contributed by atoms with Crippen LogP contribution in [-0.2, 0) is 36.1 Å². The van der Waals surface area contributed by atoms with Crippen LogP contribution in [-0.4, -0.2) is 51.8 Å². The zero-order valence-electron chi connectivity index (χ0n) is 28.1. The summed E-state index contributed by atoms with van der Waals surface area (Å²) in [5.74, 6) is -2.54. The number of sulfonamides is 1. The molecule has 3 N–H and O–H groups in total. The van der Waals surface area contributed by atoms with E-state index in [4.69, 9.17) is 16.3 Å². The summed E-state index contributed by atoms with van der Waals surface area (Å²) in [6.45, 7) is 0. The van der Waals surface area contributed by atoms with Gasteiger partial charge in [-0.1, -0.05) is 29.8 Å². The molecule has 0 fully saturated rings. The number of carboxylic acid groups (broad SMARTS) is 1.